The zero-order valence-electron chi connectivity index (χ0n) is 11.9. The first-order chi connectivity index (χ1) is 10.7. The molecule has 22 heavy (non-hydrogen) atoms. The molecule has 0 atom stereocenters. The van der Waals surface area contributed by atoms with E-state index in [2.05, 4.69) is 4.98 Å². The van der Waals surface area contributed by atoms with Gasteiger partial charge in [-0.2, -0.15) is 0 Å². The number of anilines is 1. The number of nitrogen functional groups attached to an aromatic ring is 1. The molecule has 0 spiro atoms. The minimum Gasteiger partial charge on any atom is -0.465 e. The zero-order chi connectivity index (χ0) is 15.3. The number of rotatable bonds is 1. The zero-order valence-corrected chi connectivity index (χ0v) is 11.9. The summed E-state index contributed by atoms with van der Waals surface area (Å²) in [5, 5.41) is 1.61. The lowest BCUT2D eigenvalue weighted by Crippen LogP contribution is -2.11. The first-order valence-corrected chi connectivity index (χ1v) is 6.88. The van der Waals surface area contributed by atoms with Crippen molar-refractivity contribution in [2.75, 3.05) is 12.8 Å². The van der Waals surface area contributed by atoms with Gasteiger partial charge < -0.3 is 10.5 Å². The van der Waals surface area contributed by atoms with Gasteiger partial charge in [0.05, 0.1) is 18.1 Å². The average Bonchev–Trinajstić information content (AvgIpc) is 2.95. The molecule has 2 aromatic carbocycles. The van der Waals surface area contributed by atoms with Crippen molar-refractivity contribution in [2.24, 2.45) is 0 Å². The van der Waals surface area contributed by atoms with Crippen molar-refractivity contribution in [3.05, 3.63) is 54.1 Å². The van der Waals surface area contributed by atoms with Gasteiger partial charge in [-0.05, 0) is 12.1 Å². The van der Waals surface area contributed by atoms with E-state index in [4.69, 9.17) is 10.5 Å². The molecule has 0 radical (unpaired) electrons. The van der Waals surface area contributed by atoms with Crippen LogP contribution in [0.15, 0.2) is 48.5 Å². The number of pyridine rings is 1. The number of nitrogens with two attached hydrogens (primary N) is 1. The van der Waals surface area contributed by atoms with Crippen LogP contribution in [-0.2, 0) is 4.74 Å². The van der Waals surface area contributed by atoms with Gasteiger partial charge in [0, 0.05) is 10.8 Å². The summed E-state index contributed by atoms with van der Waals surface area (Å²) in [6.45, 7) is 0. The number of fused-ring (bicyclic) bond motifs is 5. The molecule has 0 saturated heterocycles. The predicted molar refractivity (Wildman–Crippen MR) is 86.0 cm³/mol. The number of para-hydroxylation sites is 2. The third-order valence-corrected chi connectivity index (χ3v) is 3.88. The van der Waals surface area contributed by atoms with E-state index < -0.39 is 5.97 Å². The molecule has 108 valence electrons. The van der Waals surface area contributed by atoms with Crippen molar-refractivity contribution in [1.82, 2.24) is 9.38 Å². The maximum absolute atomic E-state index is 12.2. The second-order valence-corrected chi connectivity index (χ2v) is 5.06. The second kappa shape index (κ2) is 4.46. The van der Waals surface area contributed by atoms with E-state index in [1.165, 1.54) is 7.11 Å². The highest BCUT2D eigenvalue weighted by molar-refractivity contribution is 6.13. The number of aromatic nitrogens is 2. The van der Waals surface area contributed by atoms with Crippen LogP contribution in [0.1, 0.15) is 10.4 Å². The Bertz CT molecular complexity index is 1050. The Kier molecular flexibility index (Phi) is 2.56. The molecule has 0 aliphatic heterocycles. The fourth-order valence-corrected chi connectivity index (χ4v) is 2.91. The number of esters is 1. The molecule has 0 amide bonds. The normalized spacial score (nSPS) is 11.3. The molecular weight excluding hydrogens is 278 g/mol. The van der Waals surface area contributed by atoms with Crippen LogP contribution in [-0.4, -0.2) is 22.5 Å². The highest BCUT2D eigenvalue weighted by Gasteiger charge is 2.21. The standard InChI is InChI=1S/C17H13N3O2/c1-22-17(21)14-10-6-2-3-7-11(10)16-19-12-8-4-5-9-13(12)20(16)15(14)18/h2-9H,18H2,1H3. The first kappa shape index (κ1) is 12.6. The molecule has 2 aromatic heterocycles. The third kappa shape index (κ3) is 1.53. The lowest BCUT2D eigenvalue weighted by atomic mass is 10.1. The molecule has 0 aliphatic carbocycles. The SMILES string of the molecule is COC(=O)c1c(N)n2c3ccccc3nc2c2ccccc12. The van der Waals surface area contributed by atoms with Crippen LogP contribution < -0.4 is 5.73 Å². The highest BCUT2D eigenvalue weighted by Crippen LogP contribution is 2.31. The molecule has 0 aliphatic rings. The van der Waals surface area contributed by atoms with Crippen LogP contribution in [0.3, 0.4) is 0 Å². The molecule has 2 N–H and O–H groups in total. The molecule has 0 fully saturated rings. The van der Waals surface area contributed by atoms with Gasteiger partial charge in [0.15, 0.2) is 0 Å². The molecule has 4 rings (SSSR count). The number of hydrogen-bond acceptors (Lipinski definition) is 4. The minimum atomic E-state index is -0.451. The van der Waals surface area contributed by atoms with E-state index >= 15 is 0 Å². The molecule has 0 saturated carbocycles. The first-order valence-electron chi connectivity index (χ1n) is 6.88. The summed E-state index contributed by atoms with van der Waals surface area (Å²) in [6.07, 6.45) is 0. The molecule has 4 aromatic rings. The Morgan fingerprint density at radius 2 is 1.77 bits per heavy atom. The van der Waals surface area contributed by atoms with Gasteiger partial charge in [0.1, 0.15) is 17.0 Å². The lowest BCUT2D eigenvalue weighted by Gasteiger charge is -2.11. The van der Waals surface area contributed by atoms with Gasteiger partial charge in [-0.1, -0.05) is 36.4 Å². The van der Waals surface area contributed by atoms with Gasteiger partial charge in [0.2, 0.25) is 0 Å². The maximum Gasteiger partial charge on any atom is 0.342 e. The molecule has 0 unspecified atom stereocenters. The van der Waals surface area contributed by atoms with Crippen molar-refractivity contribution in [1.29, 1.82) is 0 Å². The largest absolute Gasteiger partial charge is 0.465 e. The Morgan fingerprint density at radius 3 is 2.55 bits per heavy atom. The number of methoxy groups -OCH3 is 1. The average molecular weight is 291 g/mol. The second-order valence-electron chi connectivity index (χ2n) is 5.06. The van der Waals surface area contributed by atoms with Crippen molar-refractivity contribution < 1.29 is 9.53 Å². The Balaban J connectivity index is 2.33. The summed E-state index contributed by atoms with van der Waals surface area (Å²) in [5.41, 5.74) is 9.10. The number of ether oxygens (including phenoxy) is 1. The summed E-state index contributed by atoms with van der Waals surface area (Å²) < 4.78 is 6.72. The van der Waals surface area contributed by atoms with E-state index in [1.807, 2.05) is 52.9 Å². The summed E-state index contributed by atoms with van der Waals surface area (Å²) in [4.78, 5) is 16.9. The number of benzene rings is 2. The Labute approximate surface area is 125 Å². The Hall–Kier alpha value is -3.08. The molecule has 0 bridgehead atoms. The van der Waals surface area contributed by atoms with Crippen LogP contribution in [0.4, 0.5) is 5.82 Å². The number of nitrogens with zero attached hydrogens (tertiary/aromatic N) is 2. The fourth-order valence-electron chi connectivity index (χ4n) is 2.91. The van der Waals surface area contributed by atoms with Crippen molar-refractivity contribution in [3.8, 4) is 0 Å². The van der Waals surface area contributed by atoms with Gasteiger partial charge in [0.25, 0.3) is 0 Å². The summed E-state index contributed by atoms with van der Waals surface area (Å²) in [6, 6.07) is 15.3. The van der Waals surface area contributed by atoms with Crippen LogP contribution in [0.25, 0.3) is 27.5 Å². The minimum absolute atomic E-state index is 0.342. The highest BCUT2D eigenvalue weighted by atomic mass is 16.5. The number of imidazole rings is 1. The van der Waals surface area contributed by atoms with Gasteiger partial charge >= 0.3 is 5.97 Å². The van der Waals surface area contributed by atoms with E-state index in [1.54, 1.807) is 0 Å². The topological polar surface area (TPSA) is 69.6 Å². The fraction of sp³-hybridized carbons (Fsp3) is 0.0588. The molecular formula is C17H13N3O2. The summed E-state index contributed by atoms with van der Waals surface area (Å²) >= 11 is 0. The van der Waals surface area contributed by atoms with Crippen LogP contribution in [0.5, 0.6) is 0 Å². The number of carbonyl (C=O) groups excluding carboxylic acids is 1. The summed E-state index contributed by atoms with van der Waals surface area (Å²) in [7, 11) is 1.35. The smallest absolute Gasteiger partial charge is 0.342 e. The van der Waals surface area contributed by atoms with E-state index in [-0.39, 0.29) is 0 Å². The van der Waals surface area contributed by atoms with Crippen molar-refractivity contribution >= 4 is 39.2 Å². The monoisotopic (exact) mass is 291 g/mol. The van der Waals surface area contributed by atoms with Gasteiger partial charge in [-0.15, -0.1) is 0 Å². The molecule has 2 heterocycles. The van der Waals surface area contributed by atoms with Crippen LogP contribution >= 0.6 is 0 Å². The third-order valence-electron chi connectivity index (χ3n) is 3.88. The Morgan fingerprint density at radius 1 is 1.09 bits per heavy atom. The van der Waals surface area contributed by atoms with Gasteiger partial charge in [-0.25, -0.2) is 9.78 Å². The van der Waals surface area contributed by atoms with Crippen molar-refractivity contribution in [2.45, 2.75) is 0 Å². The van der Waals surface area contributed by atoms with Crippen molar-refractivity contribution in [3.63, 3.8) is 0 Å². The molecule has 5 nitrogen and oxygen atoms in total. The number of hydrogen-bond donors (Lipinski definition) is 1. The lowest BCUT2D eigenvalue weighted by molar-refractivity contribution is 0.0604. The summed E-state index contributed by atoms with van der Waals surface area (Å²) in [5.74, 6) is -0.109. The van der Waals surface area contributed by atoms with Gasteiger partial charge in [-0.3, -0.25) is 4.40 Å². The van der Waals surface area contributed by atoms with Crippen LogP contribution in [0, 0.1) is 0 Å². The van der Waals surface area contributed by atoms with Crippen LogP contribution in [0.2, 0.25) is 0 Å². The number of carbonyl (C=O) groups is 1. The van der Waals surface area contributed by atoms with E-state index in [0.717, 1.165) is 27.5 Å². The molecule has 5 heteroatoms. The van der Waals surface area contributed by atoms with E-state index in [9.17, 15) is 4.79 Å². The quantitative estimate of drug-likeness (QED) is 0.547. The maximum atomic E-state index is 12.2. The predicted octanol–water partition coefficient (Wildman–Crippen LogP) is 3.01. The van der Waals surface area contributed by atoms with E-state index in [0.29, 0.717) is 11.4 Å².